The SMILES string of the molecule is Cc1noc(N(C(=O)NS(=O)(=O)c2ccsc2)c2c(S(C)(=O)=O)cc3c(c2C)OCO3)c1Cl. The Morgan fingerprint density at radius 1 is 1.24 bits per heavy atom. The van der Waals surface area contributed by atoms with Crippen molar-refractivity contribution in [1.29, 1.82) is 0 Å². The maximum Gasteiger partial charge on any atom is 0.342 e. The van der Waals surface area contributed by atoms with Crippen LogP contribution in [0.15, 0.2) is 37.2 Å². The number of anilines is 2. The molecule has 1 aliphatic heterocycles. The van der Waals surface area contributed by atoms with E-state index in [1.54, 1.807) is 0 Å². The Morgan fingerprint density at radius 3 is 2.55 bits per heavy atom. The van der Waals surface area contributed by atoms with Crippen LogP contribution in [0, 0.1) is 13.8 Å². The summed E-state index contributed by atoms with van der Waals surface area (Å²) in [6, 6.07) is 1.25. The highest BCUT2D eigenvalue weighted by Crippen LogP contribution is 2.47. The van der Waals surface area contributed by atoms with Crippen molar-refractivity contribution in [3.63, 3.8) is 0 Å². The van der Waals surface area contributed by atoms with Gasteiger partial charge in [0, 0.05) is 23.3 Å². The first kappa shape index (κ1) is 23.4. The topological polar surface area (TPSA) is 145 Å². The molecule has 0 saturated heterocycles. The molecule has 33 heavy (non-hydrogen) atoms. The highest BCUT2D eigenvalue weighted by Gasteiger charge is 2.37. The van der Waals surface area contributed by atoms with Crippen LogP contribution in [0.25, 0.3) is 0 Å². The van der Waals surface area contributed by atoms with Gasteiger partial charge in [-0.2, -0.15) is 11.3 Å². The molecule has 3 heterocycles. The maximum atomic E-state index is 13.4. The van der Waals surface area contributed by atoms with E-state index in [0.717, 1.165) is 17.6 Å². The van der Waals surface area contributed by atoms with Gasteiger partial charge in [0.1, 0.15) is 10.7 Å². The van der Waals surface area contributed by atoms with Crippen molar-refractivity contribution in [3.05, 3.63) is 39.2 Å². The van der Waals surface area contributed by atoms with Crippen molar-refractivity contribution in [2.75, 3.05) is 17.9 Å². The van der Waals surface area contributed by atoms with Crippen LogP contribution in [-0.4, -0.2) is 41.1 Å². The van der Waals surface area contributed by atoms with Crippen LogP contribution in [0.3, 0.4) is 0 Å². The van der Waals surface area contributed by atoms with Gasteiger partial charge >= 0.3 is 6.03 Å². The number of ether oxygens (including phenoxy) is 2. The molecular formula is C18H16ClN3O8S3. The van der Waals surface area contributed by atoms with E-state index in [1.807, 2.05) is 4.72 Å². The average molecular weight is 534 g/mol. The monoisotopic (exact) mass is 533 g/mol. The first-order valence-electron chi connectivity index (χ1n) is 9.06. The molecule has 2 amide bonds. The molecule has 2 aromatic heterocycles. The van der Waals surface area contributed by atoms with Crippen molar-refractivity contribution in [2.24, 2.45) is 0 Å². The predicted octanol–water partition coefficient (Wildman–Crippen LogP) is 3.38. The second-order valence-electron chi connectivity index (χ2n) is 6.95. The summed E-state index contributed by atoms with van der Waals surface area (Å²) in [6.07, 6.45) is 0.929. The number of hydrogen-bond acceptors (Lipinski definition) is 10. The molecule has 0 spiro atoms. The van der Waals surface area contributed by atoms with Gasteiger partial charge in [-0.15, -0.1) is 0 Å². The van der Waals surface area contributed by atoms with Gasteiger partial charge in [-0.3, -0.25) is 0 Å². The van der Waals surface area contributed by atoms with Crippen LogP contribution in [0.5, 0.6) is 11.5 Å². The Balaban J connectivity index is 1.96. The second kappa shape index (κ2) is 8.20. The summed E-state index contributed by atoms with van der Waals surface area (Å²) in [5.41, 5.74) is 0.154. The third-order valence-electron chi connectivity index (χ3n) is 4.66. The third-order valence-corrected chi connectivity index (χ3v) is 8.36. The van der Waals surface area contributed by atoms with Crippen LogP contribution < -0.4 is 19.1 Å². The van der Waals surface area contributed by atoms with E-state index in [0.29, 0.717) is 4.90 Å². The minimum Gasteiger partial charge on any atom is -0.454 e. The lowest BCUT2D eigenvalue weighted by atomic mass is 10.1. The molecule has 0 radical (unpaired) electrons. The number of aryl methyl sites for hydroxylation is 1. The van der Waals surface area contributed by atoms with Crippen LogP contribution >= 0.6 is 22.9 Å². The summed E-state index contributed by atoms with van der Waals surface area (Å²) in [5, 5.41) is 6.45. The van der Waals surface area contributed by atoms with Gasteiger partial charge < -0.3 is 14.0 Å². The van der Waals surface area contributed by atoms with E-state index in [-0.39, 0.29) is 55.9 Å². The number of nitrogens with zero attached hydrogens (tertiary/aromatic N) is 2. The second-order valence-corrected chi connectivity index (χ2v) is 11.8. The number of carbonyl (C=O) groups is 1. The van der Waals surface area contributed by atoms with E-state index >= 15 is 0 Å². The molecule has 0 unspecified atom stereocenters. The average Bonchev–Trinajstić information content (AvgIpc) is 3.46. The van der Waals surface area contributed by atoms with Crippen molar-refractivity contribution in [3.8, 4) is 11.5 Å². The zero-order valence-corrected chi connectivity index (χ0v) is 20.5. The van der Waals surface area contributed by atoms with E-state index < -0.39 is 25.9 Å². The first-order valence-corrected chi connectivity index (χ1v) is 13.8. The van der Waals surface area contributed by atoms with E-state index in [4.69, 9.17) is 25.6 Å². The molecule has 176 valence electrons. The van der Waals surface area contributed by atoms with Crippen molar-refractivity contribution in [1.82, 2.24) is 9.88 Å². The Bertz CT molecular complexity index is 1460. The number of aromatic nitrogens is 1. The minimum atomic E-state index is -4.30. The number of fused-ring (bicyclic) bond motifs is 1. The zero-order valence-electron chi connectivity index (χ0n) is 17.3. The number of rotatable bonds is 5. The molecule has 1 aromatic carbocycles. The summed E-state index contributed by atoms with van der Waals surface area (Å²) < 4.78 is 68.7. The molecule has 1 aliphatic rings. The number of carbonyl (C=O) groups excluding carboxylic acids is 1. The fraction of sp³-hybridized carbons (Fsp3) is 0.222. The Labute approximate surface area is 197 Å². The lowest BCUT2D eigenvalue weighted by Crippen LogP contribution is -2.41. The van der Waals surface area contributed by atoms with Crippen molar-refractivity contribution < 1.29 is 35.6 Å². The number of sulfone groups is 1. The van der Waals surface area contributed by atoms with Crippen LogP contribution in [0.2, 0.25) is 5.02 Å². The summed E-state index contributed by atoms with van der Waals surface area (Å²) >= 11 is 7.39. The molecule has 0 saturated carbocycles. The predicted molar refractivity (Wildman–Crippen MR) is 119 cm³/mol. The Hall–Kier alpha value is -2.81. The summed E-state index contributed by atoms with van der Waals surface area (Å²) in [7, 11) is -8.26. The first-order chi connectivity index (χ1) is 15.4. The highest BCUT2D eigenvalue weighted by atomic mass is 35.5. The van der Waals surface area contributed by atoms with Gasteiger partial charge in [0.05, 0.1) is 15.5 Å². The van der Waals surface area contributed by atoms with Crippen LogP contribution in [-0.2, 0) is 19.9 Å². The summed E-state index contributed by atoms with van der Waals surface area (Å²) in [6.45, 7) is 2.82. The quantitative estimate of drug-likeness (QED) is 0.521. The standard InChI is InChI=1S/C18H16ClN3O8S3/c1-9-15(13(32(3,24)25)6-12-16(9)29-8-28-12)22(17-14(19)10(2)20-30-17)18(23)21-33(26,27)11-4-5-31-7-11/h4-7H,8H2,1-3H3,(H,21,23). The van der Waals surface area contributed by atoms with E-state index in [1.165, 1.54) is 36.7 Å². The number of urea groups is 1. The van der Waals surface area contributed by atoms with Crippen LogP contribution in [0.4, 0.5) is 16.4 Å². The summed E-state index contributed by atoms with van der Waals surface area (Å²) in [5.74, 6) is -0.0370. The minimum absolute atomic E-state index is 0.116. The fourth-order valence-corrected chi connectivity index (χ4v) is 6.17. The largest absolute Gasteiger partial charge is 0.454 e. The fourth-order valence-electron chi connectivity index (χ4n) is 3.13. The number of nitrogens with one attached hydrogen (secondary N) is 1. The molecule has 0 bridgehead atoms. The van der Waals surface area contributed by atoms with Gasteiger partial charge in [0.25, 0.3) is 15.9 Å². The number of benzene rings is 1. The van der Waals surface area contributed by atoms with Crippen molar-refractivity contribution in [2.45, 2.75) is 23.6 Å². The Kier molecular flexibility index (Phi) is 5.80. The molecule has 0 fully saturated rings. The molecule has 0 aliphatic carbocycles. The zero-order chi connectivity index (χ0) is 24.1. The number of halogens is 1. The molecule has 1 N–H and O–H groups in total. The molecule has 11 nitrogen and oxygen atoms in total. The molecular weight excluding hydrogens is 518 g/mol. The third kappa shape index (κ3) is 4.14. The maximum absolute atomic E-state index is 13.4. The molecule has 0 atom stereocenters. The Morgan fingerprint density at radius 2 is 1.97 bits per heavy atom. The molecule has 3 aromatic rings. The van der Waals surface area contributed by atoms with Gasteiger partial charge in [0.2, 0.25) is 6.79 Å². The van der Waals surface area contributed by atoms with E-state index in [9.17, 15) is 21.6 Å². The number of sulfonamides is 1. The smallest absolute Gasteiger partial charge is 0.342 e. The van der Waals surface area contributed by atoms with Gasteiger partial charge in [-0.1, -0.05) is 16.8 Å². The van der Waals surface area contributed by atoms with E-state index in [2.05, 4.69) is 5.16 Å². The molecule has 4 rings (SSSR count). The lowest BCUT2D eigenvalue weighted by molar-refractivity contribution is 0.173. The number of amides is 2. The van der Waals surface area contributed by atoms with Crippen LogP contribution in [0.1, 0.15) is 11.3 Å². The lowest BCUT2D eigenvalue weighted by Gasteiger charge is -2.24. The van der Waals surface area contributed by atoms with Crippen molar-refractivity contribution >= 4 is 60.4 Å². The normalized spacial score (nSPS) is 13.2. The molecule has 15 heteroatoms. The van der Waals surface area contributed by atoms with Gasteiger partial charge in [-0.25, -0.2) is 31.3 Å². The van der Waals surface area contributed by atoms with Gasteiger partial charge in [0.15, 0.2) is 21.3 Å². The number of thiophene rings is 1. The summed E-state index contributed by atoms with van der Waals surface area (Å²) in [4.78, 5) is 13.6. The van der Waals surface area contributed by atoms with Gasteiger partial charge in [-0.05, 0) is 25.3 Å². The number of hydrogen-bond donors (Lipinski definition) is 1. The highest BCUT2D eigenvalue weighted by molar-refractivity contribution is 7.91.